The second-order valence-electron chi connectivity index (χ2n) is 6.71. The fraction of sp³-hybridized carbons (Fsp3) is 0.857. The molecule has 0 spiro atoms. The van der Waals surface area contributed by atoms with E-state index in [0.29, 0.717) is 6.04 Å². The number of hydrogen-bond acceptors (Lipinski definition) is 4. The van der Waals surface area contributed by atoms with E-state index in [9.17, 15) is 4.79 Å². The van der Waals surface area contributed by atoms with E-state index in [1.54, 1.807) is 4.68 Å². The normalized spacial score (nSPS) is 17.2. The summed E-state index contributed by atoms with van der Waals surface area (Å²) in [6.45, 7) is 6.37. The Balaban J connectivity index is 2.02. The summed E-state index contributed by atoms with van der Waals surface area (Å²) in [6, 6.07) is 0.380. The average molecular weight is 279 g/mol. The number of aromatic nitrogens is 4. The quantitative estimate of drug-likeness (QED) is 0.845. The molecule has 1 amide bonds. The van der Waals surface area contributed by atoms with Crippen LogP contribution in [-0.2, 0) is 16.8 Å². The van der Waals surface area contributed by atoms with Crippen LogP contribution in [0.4, 0.5) is 0 Å². The Morgan fingerprint density at radius 3 is 2.55 bits per heavy atom. The van der Waals surface area contributed by atoms with Gasteiger partial charge in [0.25, 0.3) is 0 Å². The van der Waals surface area contributed by atoms with Crippen LogP contribution in [0.2, 0.25) is 0 Å². The first-order valence-electron chi connectivity index (χ1n) is 7.42. The summed E-state index contributed by atoms with van der Waals surface area (Å²) < 4.78 is 1.63. The molecule has 1 aromatic rings. The third kappa shape index (κ3) is 3.35. The van der Waals surface area contributed by atoms with Crippen molar-refractivity contribution in [3.63, 3.8) is 0 Å². The van der Waals surface area contributed by atoms with Crippen molar-refractivity contribution in [1.82, 2.24) is 25.1 Å². The molecule has 2 rings (SSSR count). The second-order valence-corrected chi connectivity index (χ2v) is 6.71. The number of hydrogen-bond donors (Lipinski definition) is 0. The second kappa shape index (κ2) is 5.89. The maximum atomic E-state index is 12.4. The number of tetrazole rings is 1. The molecule has 112 valence electrons. The monoisotopic (exact) mass is 279 g/mol. The molecular formula is C14H25N5O. The van der Waals surface area contributed by atoms with Crippen molar-refractivity contribution in [1.29, 1.82) is 0 Å². The molecule has 0 aliphatic heterocycles. The third-order valence-corrected chi connectivity index (χ3v) is 4.00. The van der Waals surface area contributed by atoms with Gasteiger partial charge < -0.3 is 4.90 Å². The number of amides is 1. The SMILES string of the molecule is CN(C(=O)Cn1nnnc1C(C)(C)C)C1CCCCC1. The van der Waals surface area contributed by atoms with Crippen molar-refractivity contribution in [3.05, 3.63) is 5.82 Å². The standard InChI is InChI=1S/C14H25N5O/c1-14(2,3)13-15-16-17-19(13)10-12(20)18(4)11-8-6-5-7-9-11/h11H,5-10H2,1-4H3. The van der Waals surface area contributed by atoms with Gasteiger partial charge in [-0.25, -0.2) is 4.68 Å². The summed E-state index contributed by atoms with van der Waals surface area (Å²) in [6.07, 6.45) is 5.97. The summed E-state index contributed by atoms with van der Waals surface area (Å²) in [4.78, 5) is 14.3. The maximum absolute atomic E-state index is 12.4. The molecule has 6 heteroatoms. The van der Waals surface area contributed by atoms with Crippen LogP contribution in [0.1, 0.15) is 58.7 Å². The van der Waals surface area contributed by atoms with Crippen LogP contribution >= 0.6 is 0 Å². The van der Waals surface area contributed by atoms with E-state index in [2.05, 4.69) is 15.5 Å². The van der Waals surface area contributed by atoms with E-state index in [1.807, 2.05) is 32.7 Å². The Morgan fingerprint density at radius 2 is 1.95 bits per heavy atom. The van der Waals surface area contributed by atoms with Crippen LogP contribution in [-0.4, -0.2) is 44.1 Å². The zero-order valence-corrected chi connectivity index (χ0v) is 13.0. The topological polar surface area (TPSA) is 63.9 Å². The predicted octanol–water partition coefficient (Wildman–Crippen LogP) is 1.76. The van der Waals surface area contributed by atoms with Crippen LogP contribution in [0.3, 0.4) is 0 Å². The molecule has 0 N–H and O–H groups in total. The van der Waals surface area contributed by atoms with Gasteiger partial charge in [0, 0.05) is 18.5 Å². The Kier molecular flexibility index (Phi) is 4.40. The molecular weight excluding hydrogens is 254 g/mol. The van der Waals surface area contributed by atoms with Gasteiger partial charge >= 0.3 is 0 Å². The Labute approximate surface area is 120 Å². The van der Waals surface area contributed by atoms with E-state index in [1.165, 1.54) is 19.3 Å². The minimum Gasteiger partial charge on any atom is -0.341 e. The molecule has 0 saturated heterocycles. The van der Waals surface area contributed by atoms with Gasteiger partial charge in [0.1, 0.15) is 6.54 Å². The van der Waals surface area contributed by atoms with Crippen LogP contribution in [0.25, 0.3) is 0 Å². The van der Waals surface area contributed by atoms with Crippen LogP contribution < -0.4 is 0 Å². The minimum atomic E-state index is -0.160. The third-order valence-electron chi connectivity index (χ3n) is 4.00. The van der Waals surface area contributed by atoms with Gasteiger partial charge in [-0.05, 0) is 23.3 Å². The van der Waals surface area contributed by atoms with E-state index < -0.39 is 0 Å². The van der Waals surface area contributed by atoms with Crippen molar-refractivity contribution in [3.8, 4) is 0 Å². The van der Waals surface area contributed by atoms with Gasteiger partial charge in [-0.3, -0.25) is 4.79 Å². The zero-order valence-electron chi connectivity index (χ0n) is 13.0. The van der Waals surface area contributed by atoms with Crippen molar-refractivity contribution in [2.45, 2.75) is 70.9 Å². The van der Waals surface area contributed by atoms with Crippen LogP contribution in [0.15, 0.2) is 0 Å². The maximum Gasteiger partial charge on any atom is 0.244 e. The van der Waals surface area contributed by atoms with Crippen molar-refractivity contribution < 1.29 is 4.79 Å². The van der Waals surface area contributed by atoms with E-state index in [-0.39, 0.29) is 17.9 Å². The van der Waals surface area contributed by atoms with E-state index in [4.69, 9.17) is 0 Å². The summed E-state index contributed by atoms with van der Waals surface area (Å²) in [5.41, 5.74) is -0.160. The molecule has 1 saturated carbocycles. The molecule has 1 heterocycles. The van der Waals surface area contributed by atoms with Gasteiger partial charge in [-0.15, -0.1) is 5.10 Å². The highest BCUT2D eigenvalue weighted by molar-refractivity contribution is 5.76. The molecule has 20 heavy (non-hydrogen) atoms. The summed E-state index contributed by atoms with van der Waals surface area (Å²) in [7, 11) is 1.90. The molecule has 0 aromatic carbocycles. The highest BCUT2D eigenvalue weighted by Crippen LogP contribution is 2.22. The smallest absolute Gasteiger partial charge is 0.244 e. The average Bonchev–Trinajstić information content (AvgIpc) is 2.87. The summed E-state index contributed by atoms with van der Waals surface area (Å²) in [5, 5.41) is 11.7. The number of carbonyl (C=O) groups excluding carboxylic acids is 1. The molecule has 1 fully saturated rings. The first-order chi connectivity index (χ1) is 9.39. The van der Waals surface area contributed by atoms with Gasteiger partial charge in [0.2, 0.25) is 5.91 Å². The highest BCUT2D eigenvalue weighted by atomic mass is 16.2. The van der Waals surface area contributed by atoms with E-state index >= 15 is 0 Å². The molecule has 1 aliphatic rings. The lowest BCUT2D eigenvalue weighted by molar-refractivity contribution is -0.133. The van der Waals surface area contributed by atoms with Crippen molar-refractivity contribution in [2.24, 2.45) is 0 Å². The predicted molar refractivity (Wildman–Crippen MR) is 76.2 cm³/mol. The molecule has 0 bridgehead atoms. The largest absolute Gasteiger partial charge is 0.341 e. The number of rotatable bonds is 3. The fourth-order valence-corrected chi connectivity index (χ4v) is 2.76. The minimum absolute atomic E-state index is 0.0923. The van der Waals surface area contributed by atoms with Crippen LogP contribution in [0, 0.1) is 0 Å². The lowest BCUT2D eigenvalue weighted by Gasteiger charge is -2.31. The van der Waals surface area contributed by atoms with E-state index in [0.717, 1.165) is 18.7 Å². The lowest BCUT2D eigenvalue weighted by Crippen LogP contribution is -2.40. The van der Waals surface area contributed by atoms with Crippen molar-refractivity contribution in [2.75, 3.05) is 7.05 Å². The lowest BCUT2D eigenvalue weighted by atomic mass is 9.94. The van der Waals surface area contributed by atoms with Gasteiger partial charge in [0.05, 0.1) is 0 Å². The number of carbonyl (C=O) groups is 1. The summed E-state index contributed by atoms with van der Waals surface area (Å²) in [5.74, 6) is 0.845. The Morgan fingerprint density at radius 1 is 1.30 bits per heavy atom. The van der Waals surface area contributed by atoms with Crippen molar-refractivity contribution >= 4 is 5.91 Å². The fourth-order valence-electron chi connectivity index (χ4n) is 2.76. The molecule has 0 radical (unpaired) electrons. The number of likely N-dealkylation sites (N-methyl/N-ethyl adjacent to an activating group) is 1. The molecule has 0 unspecified atom stereocenters. The Hall–Kier alpha value is -1.46. The molecule has 1 aromatic heterocycles. The first-order valence-corrected chi connectivity index (χ1v) is 7.42. The van der Waals surface area contributed by atoms with Gasteiger partial charge in [-0.1, -0.05) is 40.0 Å². The molecule has 1 aliphatic carbocycles. The van der Waals surface area contributed by atoms with Gasteiger partial charge in [0.15, 0.2) is 5.82 Å². The molecule has 6 nitrogen and oxygen atoms in total. The van der Waals surface area contributed by atoms with Crippen LogP contribution in [0.5, 0.6) is 0 Å². The zero-order chi connectivity index (χ0) is 14.8. The van der Waals surface area contributed by atoms with Gasteiger partial charge in [-0.2, -0.15) is 0 Å². The number of nitrogens with zero attached hydrogens (tertiary/aromatic N) is 5. The molecule has 0 atom stereocenters. The summed E-state index contributed by atoms with van der Waals surface area (Å²) >= 11 is 0. The Bertz CT molecular complexity index is 456. The highest BCUT2D eigenvalue weighted by Gasteiger charge is 2.26. The first kappa shape index (κ1) is 14.9.